The summed E-state index contributed by atoms with van der Waals surface area (Å²) in [6, 6.07) is 4.32. The molecule has 1 heterocycles. The van der Waals surface area contributed by atoms with Gasteiger partial charge in [-0.1, -0.05) is 20.3 Å². The fraction of sp³-hybridized carbons (Fsp3) is 0.667. The van der Waals surface area contributed by atoms with E-state index in [-0.39, 0.29) is 0 Å². The first-order valence-electron chi connectivity index (χ1n) is 7.23. The average molecular weight is 265 g/mol. The molecule has 0 radical (unpaired) electrons. The Hall–Kier alpha value is -1.13. The molecule has 0 spiro atoms. The molecule has 0 aliphatic carbocycles. The second-order valence-electron chi connectivity index (χ2n) is 4.70. The van der Waals surface area contributed by atoms with Gasteiger partial charge in [0, 0.05) is 25.9 Å². The zero-order valence-corrected chi connectivity index (χ0v) is 12.5. The third-order valence-electron chi connectivity index (χ3n) is 2.81. The molecule has 4 heteroatoms. The molecule has 0 saturated carbocycles. The van der Waals surface area contributed by atoms with E-state index in [0.717, 1.165) is 44.7 Å². The molecule has 19 heavy (non-hydrogen) atoms. The summed E-state index contributed by atoms with van der Waals surface area (Å²) in [5, 5.41) is 6.75. The van der Waals surface area contributed by atoms with Crippen LogP contribution in [0.5, 0.6) is 0 Å². The molecule has 1 rings (SSSR count). The molecule has 0 bridgehead atoms. The van der Waals surface area contributed by atoms with Gasteiger partial charge in [-0.15, -0.1) is 0 Å². The lowest BCUT2D eigenvalue weighted by Gasteiger charge is -2.11. The molecule has 0 saturated heterocycles. The molecule has 1 aromatic heterocycles. The number of aryl methyl sites for hydroxylation is 1. The van der Waals surface area contributed by atoms with Gasteiger partial charge in [-0.3, -0.25) is 0 Å². The quantitative estimate of drug-likeness (QED) is 0.638. The van der Waals surface area contributed by atoms with Gasteiger partial charge < -0.3 is 15.4 Å². The summed E-state index contributed by atoms with van der Waals surface area (Å²) in [5.74, 6) is 0.955. The van der Waals surface area contributed by atoms with Crippen molar-refractivity contribution >= 4 is 5.82 Å². The minimum absolute atomic E-state index is 0.698. The molecule has 4 nitrogen and oxygen atoms in total. The van der Waals surface area contributed by atoms with Crippen molar-refractivity contribution in [1.82, 2.24) is 10.3 Å². The van der Waals surface area contributed by atoms with Crippen molar-refractivity contribution < 1.29 is 4.74 Å². The number of ether oxygens (including phenoxy) is 1. The topological polar surface area (TPSA) is 46.2 Å². The highest BCUT2D eigenvalue weighted by Crippen LogP contribution is 2.12. The van der Waals surface area contributed by atoms with Crippen LogP contribution in [0.2, 0.25) is 0 Å². The van der Waals surface area contributed by atoms with Crippen LogP contribution in [0, 0.1) is 0 Å². The van der Waals surface area contributed by atoms with E-state index in [0.29, 0.717) is 6.61 Å². The van der Waals surface area contributed by atoms with Gasteiger partial charge >= 0.3 is 0 Å². The number of nitrogens with one attached hydrogen (secondary N) is 2. The van der Waals surface area contributed by atoms with Crippen molar-refractivity contribution in [2.75, 3.05) is 32.1 Å². The largest absolute Gasteiger partial charge is 0.383 e. The van der Waals surface area contributed by atoms with Crippen LogP contribution in [0.3, 0.4) is 0 Å². The van der Waals surface area contributed by atoms with Gasteiger partial charge in [0.05, 0.1) is 6.61 Å². The Kier molecular flexibility index (Phi) is 8.18. The SMILES string of the molecule is CCCNCc1cc(CCC)nc(NCCOC)c1. The molecule has 0 fully saturated rings. The second-order valence-corrected chi connectivity index (χ2v) is 4.70. The van der Waals surface area contributed by atoms with Gasteiger partial charge in [0.25, 0.3) is 0 Å². The lowest BCUT2D eigenvalue weighted by molar-refractivity contribution is 0.210. The Balaban J connectivity index is 2.66. The molecule has 0 amide bonds. The third kappa shape index (κ3) is 6.55. The molecule has 108 valence electrons. The molecule has 2 N–H and O–H groups in total. The van der Waals surface area contributed by atoms with Crippen LogP contribution in [0.15, 0.2) is 12.1 Å². The number of hydrogen-bond acceptors (Lipinski definition) is 4. The number of anilines is 1. The highest BCUT2D eigenvalue weighted by molar-refractivity contribution is 5.39. The monoisotopic (exact) mass is 265 g/mol. The second kappa shape index (κ2) is 9.75. The van der Waals surface area contributed by atoms with Crippen molar-refractivity contribution in [2.45, 2.75) is 39.7 Å². The van der Waals surface area contributed by atoms with Gasteiger partial charge in [-0.2, -0.15) is 0 Å². The van der Waals surface area contributed by atoms with E-state index in [1.807, 2.05) is 0 Å². The third-order valence-corrected chi connectivity index (χ3v) is 2.81. The van der Waals surface area contributed by atoms with Crippen LogP contribution in [-0.4, -0.2) is 31.8 Å². The van der Waals surface area contributed by atoms with Crippen LogP contribution < -0.4 is 10.6 Å². The van der Waals surface area contributed by atoms with Crippen molar-refractivity contribution in [3.05, 3.63) is 23.4 Å². The maximum Gasteiger partial charge on any atom is 0.126 e. The van der Waals surface area contributed by atoms with E-state index < -0.39 is 0 Å². The smallest absolute Gasteiger partial charge is 0.126 e. The number of pyridine rings is 1. The number of hydrogen-bond donors (Lipinski definition) is 2. The number of nitrogens with zero attached hydrogens (tertiary/aromatic N) is 1. The Morgan fingerprint density at radius 3 is 2.68 bits per heavy atom. The van der Waals surface area contributed by atoms with E-state index in [9.17, 15) is 0 Å². The predicted molar refractivity (Wildman–Crippen MR) is 80.6 cm³/mol. The standard InChI is InChI=1S/C15H27N3O/c1-4-6-14-10-13(12-16-7-5-2)11-15(18-14)17-8-9-19-3/h10-11,16H,4-9,12H2,1-3H3,(H,17,18). The Morgan fingerprint density at radius 1 is 1.16 bits per heavy atom. The fourth-order valence-corrected chi connectivity index (χ4v) is 1.92. The zero-order chi connectivity index (χ0) is 13.9. The summed E-state index contributed by atoms with van der Waals surface area (Å²) in [6.45, 7) is 7.81. The Morgan fingerprint density at radius 2 is 2.00 bits per heavy atom. The van der Waals surface area contributed by atoms with Gasteiger partial charge in [-0.25, -0.2) is 4.98 Å². The lowest BCUT2D eigenvalue weighted by atomic mass is 10.1. The summed E-state index contributed by atoms with van der Waals surface area (Å²) >= 11 is 0. The first-order valence-corrected chi connectivity index (χ1v) is 7.23. The molecule has 0 atom stereocenters. The summed E-state index contributed by atoms with van der Waals surface area (Å²) in [7, 11) is 1.71. The minimum Gasteiger partial charge on any atom is -0.383 e. The van der Waals surface area contributed by atoms with Crippen LogP contribution in [0.25, 0.3) is 0 Å². The summed E-state index contributed by atoms with van der Waals surface area (Å²) in [5.41, 5.74) is 2.46. The first kappa shape index (κ1) is 15.9. The molecule has 0 aliphatic heterocycles. The highest BCUT2D eigenvalue weighted by atomic mass is 16.5. The van der Waals surface area contributed by atoms with E-state index in [4.69, 9.17) is 4.74 Å². The summed E-state index contributed by atoms with van der Waals surface area (Å²) < 4.78 is 5.05. The van der Waals surface area contributed by atoms with Crippen molar-refractivity contribution in [2.24, 2.45) is 0 Å². The van der Waals surface area contributed by atoms with Gasteiger partial charge in [0.15, 0.2) is 0 Å². The maximum atomic E-state index is 5.05. The molecule has 0 aromatic carbocycles. The highest BCUT2D eigenvalue weighted by Gasteiger charge is 2.02. The van der Waals surface area contributed by atoms with E-state index >= 15 is 0 Å². The fourth-order valence-electron chi connectivity index (χ4n) is 1.92. The Labute approximate surface area is 117 Å². The van der Waals surface area contributed by atoms with Crippen LogP contribution in [0.4, 0.5) is 5.82 Å². The lowest BCUT2D eigenvalue weighted by Crippen LogP contribution is -2.15. The van der Waals surface area contributed by atoms with E-state index in [2.05, 4.69) is 41.6 Å². The molecular formula is C15H27N3O. The maximum absolute atomic E-state index is 5.05. The number of methoxy groups -OCH3 is 1. The van der Waals surface area contributed by atoms with E-state index in [1.54, 1.807) is 7.11 Å². The summed E-state index contributed by atoms with van der Waals surface area (Å²) in [6.07, 6.45) is 3.31. The molecule has 0 aliphatic rings. The van der Waals surface area contributed by atoms with Crippen LogP contribution >= 0.6 is 0 Å². The van der Waals surface area contributed by atoms with Gasteiger partial charge in [0.2, 0.25) is 0 Å². The van der Waals surface area contributed by atoms with Crippen LogP contribution in [0.1, 0.15) is 37.9 Å². The van der Waals surface area contributed by atoms with Crippen LogP contribution in [-0.2, 0) is 17.7 Å². The Bertz CT molecular complexity index is 327. The number of aromatic nitrogens is 1. The molecular weight excluding hydrogens is 238 g/mol. The van der Waals surface area contributed by atoms with Crippen molar-refractivity contribution in [3.8, 4) is 0 Å². The zero-order valence-electron chi connectivity index (χ0n) is 12.5. The van der Waals surface area contributed by atoms with Gasteiger partial charge in [-0.05, 0) is 37.1 Å². The van der Waals surface area contributed by atoms with Crippen molar-refractivity contribution in [3.63, 3.8) is 0 Å². The minimum atomic E-state index is 0.698. The molecule has 0 unspecified atom stereocenters. The van der Waals surface area contributed by atoms with E-state index in [1.165, 1.54) is 11.3 Å². The van der Waals surface area contributed by atoms with Crippen molar-refractivity contribution in [1.29, 1.82) is 0 Å². The average Bonchev–Trinajstić information content (AvgIpc) is 2.40. The predicted octanol–water partition coefficient (Wildman–Crippen LogP) is 2.59. The summed E-state index contributed by atoms with van der Waals surface area (Å²) in [4.78, 5) is 4.63. The number of rotatable bonds is 10. The normalized spacial score (nSPS) is 10.7. The molecule has 1 aromatic rings. The van der Waals surface area contributed by atoms with Gasteiger partial charge in [0.1, 0.15) is 5.82 Å². The first-order chi connectivity index (χ1) is 9.30.